The van der Waals surface area contributed by atoms with Gasteiger partial charge in [-0.3, -0.25) is 4.84 Å². The molecule has 0 aromatic rings. The van der Waals surface area contributed by atoms with Gasteiger partial charge in [-0.1, -0.05) is 20.3 Å². The fourth-order valence-electron chi connectivity index (χ4n) is 1.67. The minimum Gasteiger partial charge on any atom is -0.299 e. The van der Waals surface area contributed by atoms with E-state index >= 15 is 0 Å². The van der Waals surface area contributed by atoms with E-state index in [2.05, 4.69) is 18.9 Å². The van der Waals surface area contributed by atoms with Crippen LogP contribution in [-0.2, 0) is 4.84 Å². The van der Waals surface area contributed by atoms with Crippen LogP contribution in [0.25, 0.3) is 0 Å². The van der Waals surface area contributed by atoms with Gasteiger partial charge in [-0.05, 0) is 25.2 Å². The molecule has 72 valence electrons. The zero-order valence-electron chi connectivity index (χ0n) is 8.38. The van der Waals surface area contributed by atoms with Gasteiger partial charge in [0, 0.05) is 13.1 Å². The molecule has 0 aliphatic carbocycles. The van der Waals surface area contributed by atoms with E-state index in [1.165, 1.54) is 19.3 Å². The van der Waals surface area contributed by atoms with Gasteiger partial charge < -0.3 is 0 Å². The van der Waals surface area contributed by atoms with E-state index in [9.17, 15) is 0 Å². The van der Waals surface area contributed by atoms with Crippen LogP contribution in [0.2, 0.25) is 0 Å². The summed E-state index contributed by atoms with van der Waals surface area (Å²) in [5, 5.41) is 2.13. The second-order valence-electron chi connectivity index (χ2n) is 3.61. The van der Waals surface area contributed by atoms with E-state index < -0.39 is 0 Å². The molecule has 1 aliphatic heterocycles. The molecule has 2 heteroatoms. The average molecular weight is 171 g/mol. The highest BCUT2D eigenvalue weighted by molar-refractivity contribution is 4.66. The van der Waals surface area contributed by atoms with E-state index in [4.69, 9.17) is 4.84 Å². The maximum atomic E-state index is 5.56. The Hall–Kier alpha value is -0.0800. The summed E-state index contributed by atoms with van der Waals surface area (Å²) in [4.78, 5) is 5.56. The topological polar surface area (TPSA) is 12.5 Å². The predicted octanol–water partition coefficient (Wildman–Crippen LogP) is 2.45. The highest BCUT2D eigenvalue weighted by atomic mass is 16.7. The van der Waals surface area contributed by atoms with Gasteiger partial charge >= 0.3 is 0 Å². The summed E-state index contributed by atoms with van der Waals surface area (Å²) in [5.41, 5.74) is 0. The van der Waals surface area contributed by atoms with Crippen LogP contribution < -0.4 is 0 Å². The molecule has 0 unspecified atom stereocenters. The SMILES string of the molecule is CCCON1CCC(CC)CC1. The van der Waals surface area contributed by atoms with Crippen LogP contribution in [0.1, 0.15) is 39.5 Å². The monoisotopic (exact) mass is 171 g/mol. The molecule has 1 saturated heterocycles. The van der Waals surface area contributed by atoms with Gasteiger partial charge in [-0.25, -0.2) is 0 Å². The maximum Gasteiger partial charge on any atom is 0.0682 e. The Bertz CT molecular complexity index is 108. The third kappa shape index (κ3) is 3.11. The summed E-state index contributed by atoms with van der Waals surface area (Å²) in [6.45, 7) is 7.60. The van der Waals surface area contributed by atoms with Crippen molar-refractivity contribution < 1.29 is 4.84 Å². The zero-order chi connectivity index (χ0) is 8.81. The van der Waals surface area contributed by atoms with Gasteiger partial charge in [0.05, 0.1) is 6.61 Å². The van der Waals surface area contributed by atoms with Gasteiger partial charge in [-0.15, -0.1) is 0 Å². The Labute approximate surface area is 75.8 Å². The maximum absolute atomic E-state index is 5.56. The smallest absolute Gasteiger partial charge is 0.0682 e. The lowest BCUT2D eigenvalue weighted by Gasteiger charge is -2.30. The van der Waals surface area contributed by atoms with Gasteiger partial charge in [0.15, 0.2) is 0 Å². The lowest BCUT2D eigenvalue weighted by atomic mass is 9.95. The quantitative estimate of drug-likeness (QED) is 0.644. The van der Waals surface area contributed by atoms with Crippen LogP contribution in [0.5, 0.6) is 0 Å². The molecule has 0 bridgehead atoms. The van der Waals surface area contributed by atoms with Crippen molar-refractivity contribution in [2.75, 3.05) is 19.7 Å². The fourth-order valence-corrected chi connectivity index (χ4v) is 1.67. The first kappa shape index (κ1) is 10.0. The first-order chi connectivity index (χ1) is 5.86. The van der Waals surface area contributed by atoms with Gasteiger partial charge in [0.2, 0.25) is 0 Å². The summed E-state index contributed by atoms with van der Waals surface area (Å²) in [6, 6.07) is 0. The summed E-state index contributed by atoms with van der Waals surface area (Å²) in [6.07, 6.45) is 5.09. The largest absolute Gasteiger partial charge is 0.299 e. The van der Waals surface area contributed by atoms with Crippen molar-refractivity contribution in [1.82, 2.24) is 5.06 Å². The molecule has 12 heavy (non-hydrogen) atoms. The highest BCUT2D eigenvalue weighted by Gasteiger charge is 2.17. The molecule has 2 nitrogen and oxygen atoms in total. The summed E-state index contributed by atoms with van der Waals surface area (Å²) >= 11 is 0. The third-order valence-corrected chi connectivity index (χ3v) is 2.63. The number of hydrogen-bond acceptors (Lipinski definition) is 2. The number of nitrogens with zero attached hydrogens (tertiary/aromatic N) is 1. The molecule has 1 aliphatic rings. The molecular formula is C10H21NO. The van der Waals surface area contributed by atoms with E-state index in [0.29, 0.717) is 0 Å². The Balaban J connectivity index is 2.09. The molecule has 0 amide bonds. The second kappa shape index (κ2) is 5.55. The van der Waals surface area contributed by atoms with Crippen molar-refractivity contribution in [3.63, 3.8) is 0 Å². The lowest BCUT2D eigenvalue weighted by Crippen LogP contribution is -2.33. The predicted molar refractivity (Wildman–Crippen MR) is 50.8 cm³/mol. The molecule has 0 atom stereocenters. The molecule has 0 saturated carbocycles. The Morgan fingerprint density at radius 3 is 2.42 bits per heavy atom. The van der Waals surface area contributed by atoms with Crippen molar-refractivity contribution in [1.29, 1.82) is 0 Å². The van der Waals surface area contributed by atoms with Gasteiger partial charge in [0.25, 0.3) is 0 Å². The first-order valence-corrected chi connectivity index (χ1v) is 5.24. The molecule has 0 aromatic heterocycles. The van der Waals surface area contributed by atoms with E-state index in [-0.39, 0.29) is 0 Å². The molecule has 0 aromatic carbocycles. The minimum atomic E-state index is 0.886. The van der Waals surface area contributed by atoms with E-state index in [1.807, 2.05) is 0 Å². The molecule has 1 heterocycles. The molecular weight excluding hydrogens is 150 g/mol. The Kier molecular flexibility index (Phi) is 4.62. The van der Waals surface area contributed by atoms with Crippen LogP contribution in [0.3, 0.4) is 0 Å². The van der Waals surface area contributed by atoms with Crippen LogP contribution in [0.4, 0.5) is 0 Å². The fraction of sp³-hybridized carbons (Fsp3) is 1.00. The number of hydrogen-bond donors (Lipinski definition) is 0. The number of hydroxylamine groups is 2. The molecule has 1 rings (SSSR count). The third-order valence-electron chi connectivity index (χ3n) is 2.63. The van der Waals surface area contributed by atoms with Crippen molar-refractivity contribution in [2.45, 2.75) is 39.5 Å². The Morgan fingerprint density at radius 2 is 1.92 bits per heavy atom. The zero-order valence-corrected chi connectivity index (χ0v) is 8.38. The summed E-state index contributed by atoms with van der Waals surface area (Å²) < 4.78 is 0. The van der Waals surface area contributed by atoms with Gasteiger partial charge in [-0.2, -0.15) is 5.06 Å². The van der Waals surface area contributed by atoms with Crippen molar-refractivity contribution in [3.05, 3.63) is 0 Å². The van der Waals surface area contributed by atoms with Crippen LogP contribution in [0.15, 0.2) is 0 Å². The normalized spacial score (nSPS) is 21.5. The summed E-state index contributed by atoms with van der Waals surface area (Å²) in [5.74, 6) is 0.950. The average Bonchev–Trinajstić information content (AvgIpc) is 2.15. The van der Waals surface area contributed by atoms with E-state index in [0.717, 1.165) is 32.0 Å². The van der Waals surface area contributed by atoms with Crippen molar-refractivity contribution in [3.8, 4) is 0 Å². The summed E-state index contributed by atoms with van der Waals surface area (Å²) in [7, 11) is 0. The highest BCUT2D eigenvalue weighted by Crippen LogP contribution is 2.19. The molecule has 0 N–H and O–H groups in total. The van der Waals surface area contributed by atoms with Crippen LogP contribution in [0, 0.1) is 5.92 Å². The number of rotatable bonds is 4. The number of piperidine rings is 1. The molecule has 1 fully saturated rings. The van der Waals surface area contributed by atoms with Crippen LogP contribution in [-0.4, -0.2) is 24.8 Å². The van der Waals surface area contributed by atoms with Gasteiger partial charge in [0.1, 0.15) is 0 Å². The van der Waals surface area contributed by atoms with E-state index in [1.54, 1.807) is 0 Å². The standard InChI is InChI=1S/C10H21NO/c1-3-9-12-11-7-5-10(4-2)6-8-11/h10H,3-9H2,1-2H3. The lowest BCUT2D eigenvalue weighted by molar-refractivity contribution is -0.173. The van der Waals surface area contributed by atoms with Crippen LogP contribution >= 0.6 is 0 Å². The minimum absolute atomic E-state index is 0.886. The Morgan fingerprint density at radius 1 is 1.25 bits per heavy atom. The second-order valence-corrected chi connectivity index (χ2v) is 3.61. The van der Waals surface area contributed by atoms with Crippen molar-refractivity contribution in [2.24, 2.45) is 5.92 Å². The molecule has 0 radical (unpaired) electrons. The van der Waals surface area contributed by atoms with Crippen molar-refractivity contribution >= 4 is 0 Å². The first-order valence-electron chi connectivity index (χ1n) is 5.24. The molecule has 0 spiro atoms.